The van der Waals surface area contributed by atoms with Crippen LogP contribution >= 0.6 is 11.6 Å². The highest BCUT2D eigenvalue weighted by atomic mass is 35.5. The lowest BCUT2D eigenvalue weighted by atomic mass is 9.94. The number of rotatable bonds is 3. The van der Waals surface area contributed by atoms with E-state index >= 15 is 0 Å². The zero-order valence-electron chi connectivity index (χ0n) is 15.7. The summed E-state index contributed by atoms with van der Waals surface area (Å²) in [6, 6.07) is 7.49. The van der Waals surface area contributed by atoms with E-state index in [1.165, 1.54) is 0 Å². The molecule has 1 saturated heterocycles. The number of nitrogens with zero attached hydrogens (tertiary/aromatic N) is 1. The summed E-state index contributed by atoms with van der Waals surface area (Å²) in [4.78, 5) is 26.9. The van der Waals surface area contributed by atoms with Gasteiger partial charge < -0.3 is 15.0 Å². The first-order valence-electron chi connectivity index (χ1n) is 9.25. The van der Waals surface area contributed by atoms with Gasteiger partial charge in [0.15, 0.2) is 0 Å². The first-order chi connectivity index (χ1) is 12.2. The van der Waals surface area contributed by atoms with Crippen molar-refractivity contribution >= 4 is 23.6 Å². The molecule has 0 bridgehead atoms. The molecule has 0 aromatic heterocycles. The zero-order valence-corrected chi connectivity index (χ0v) is 16.4. The molecule has 142 valence electrons. The van der Waals surface area contributed by atoms with Crippen molar-refractivity contribution < 1.29 is 14.3 Å². The van der Waals surface area contributed by atoms with Gasteiger partial charge in [0, 0.05) is 24.2 Å². The molecule has 0 spiro atoms. The van der Waals surface area contributed by atoms with Crippen LogP contribution in [-0.2, 0) is 14.9 Å². The van der Waals surface area contributed by atoms with Crippen molar-refractivity contribution in [1.82, 2.24) is 10.2 Å². The van der Waals surface area contributed by atoms with Gasteiger partial charge in [-0.1, -0.05) is 23.7 Å². The summed E-state index contributed by atoms with van der Waals surface area (Å²) in [6.45, 7) is 6.74. The molecule has 1 aliphatic carbocycles. The number of piperidine rings is 1. The van der Waals surface area contributed by atoms with Crippen molar-refractivity contribution in [3.05, 3.63) is 34.9 Å². The maximum absolute atomic E-state index is 12.9. The zero-order chi connectivity index (χ0) is 18.9. The third-order valence-corrected chi connectivity index (χ3v) is 5.24. The second kappa shape index (κ2) is 7.10. The summed E-state index contributed by atoms with van der Waals surface area (Å²) < 4.78 is 5.45. The number of amides is 2. The van der Waals surface area contributed by atoms with E-state index in [0.29, 0.717) is 18.1 Å². The Bertz CT molecular complexity index is 677. The molecule has 1 unspecified atom stereocenters. The standard InChI is InChI=1S/C20H27ClN2O3/c1-19(2,3)26-18(25)23-12-4-5-16(13-23)22-17(24)20(10-11-20)14-6-8-15(21)9-7-14/h6-9,16H,4-5,10-13H2,1-3H3,(H,22,24). The van der Waals surface area contributed by atoms with Gasteiger partial charge in [0.2, 0.25) is 5.91 Å². The Balaban J connectivity index is 1.61. The molecule has 1 aromatic rings. The molecule has 6 heteroatoms. The maximum atomic E-state index is 12.9. The van der Waals surface area contributed by atoms with Crippen LogP contribution in [0.1, 0.15) is 52.0 Å². The summed E-state index contributed by atoms with van der Waals surface area (Å²) in [5.74, 6) is 0.0517. The van der Waals surface area contributed by atoms with Gasteiger partial charge in [0.25, 0.3) is 0 Å². The highest BCUT2D eigenvalue weighted by molar-refractivity contribution is 6.30. The molecule has 2 amide bonds. The lowest BCUT2D eigenvalue weighted by Gasteiger charge is -2.35. The Morgan fingerprint density at radius 2 is 1.88 bits per heavy atom. The largest absolute Gasteiger partial charge is 0.444 e. The average molecular weight is 379 g/mol. The number of likely N-dealkylation sites (tertiary alicyclic amines) is 1. The molecule has 5 nitrogen and oxygen atoms in total. The van der Waals surface area contributed by atoms with E-state index in [-0.39, 0.29) is 18.0 Å². The molecule has 3 rings (SSSR count). The van der Waals surface area contributed by atoms with Crippen LogP contribution in [0.3, 0.4) is 0 Å². The predicted molar refractivity (Wildman–Crippen MR) is 101 cm³/mol. The van der Waals surface area contributed by atoms with Crippen LogP contribution in [0.4, 0.5) is 4.79 Å². The smallest absolute Gasteiger partial charge is 0.410 e. The van der Waals surface area contributed by atoms with E-state index in [0.717, 1.165) is 31.2 Å². The molecular formula is C20H27ClN2O3. The van der Waals surface area contributed by atoms with Crippen LogP contribution in [0.2, 0.25) is 5.02 Å². The van der Waals surface area contributed by atoms with Crippen LogP contribution in [0.25, 0.3) is 0 Å². The number of carbonyl (C=O) groups is 2. The second-order valence-electron chi connectivity index (χ2n) is 8.33. The number of hydrogen-bond donors (Lipinski definition) is 1. The highest BCUT2D eigenvalue weighted by Crippen LogP contribution is 2.48. The first kappa shape index (κ1) is 19.0. The Kier molecular flexibility index (Phi) is 5.20. The minimum absolute atomic E-state index is 0.0338. The summed E-state index contributed by atoms with van der Waals surface area (Å²) >= 11 is 5.96. The van der Waals surface area contributed by atoms with E-state index < -0.39 is 11.0 Å². The van der Waals surface area contributed by atoms with E-state index in [2.05, 4.69) is 5.32 Å². The second-order valence-corrected chi connectivity index (χ2v) is 8.76. The maximum Gasteiger partial charge on any atom is 0.410 e. The summed E-state index contributed by atoms with van der Waals surface area (Å²) in [6.07, 6.45) is 3.13. The van der Waals surface area contributed by atoms with Crippen molar-refractivity contribution in [3.63, 3.8) is 0 Å². The third kappa shape index (κ3) is 4.32. The number of hydrogen-bond acceptors (Lipinski definition) is 3. The topological polar surface area (TPSA) is 58.6 Å². The van der Waals surface area contributed by atoms with E-state index in [1.54, 1.807) is 4.90 Å². The number of benzene rings is 1. The lowest BCUT2D eigenvalue weighted by molar-refractivity contribution is -0.124. The lowest BCUT2D eigenvalue weighted by Crippen LogP contribution is -2.52. The average Bonchev–Trinajstić information content (AvgIpc) is 3.36. The highest BCUT2D eigenvalue weighted by Gasteiger charge is 2.51. The Hall–Kier alpha value is -1.75. The van der Waals surface area contributed by atoms with E-state index in [9.17, 15) is 9.59 Å². The molecule has 0 radical (unpaired) electrons. The quantitative estimate of drug-likeness (QED) is 0.868. The number of halogens is 1. The van der Waals surface area contributed by atoms with Gasteiger partial charge in [-0.3, -0.25) is 4.79 Å². The first-order valence-corrected chi connectivity index (χ1v) is 9.62. The van der Waals surface area contributed by atoms with Crippen molar-refractivity contribution in [3.8, 4) is 0 Å². The minimum atomic E-state index is -0.514. The summed E-state index contributed by atoms with van der Waals surface area (Å²) in [5.41, 5.74) is 0.0674. The molecule has 1 atom stereocenters. The fourth-order valence-corrected chi connectivity index (χ4v) is 3.58. The van der Waals surface area contributed by atoms with Gasteiger partial charge in [0.05, 0.1) is 5.41 Å². The van der Waals surface area contributed by atoms with E-state index in [4.69, 9.17) is 16.3 Å². The number of ether oxygens (including phenoxy) is 1. The van der Waals surface area contributed by atoms with Gasteiger partial charge in [-0.25, -0.2) is 4.79 Å². The third-order valence-electron chi connectivity index (χ3n) is 4.99. The Labute approximate surface area is 160 Å². The molecule has 1 aromatic carbocycles. The monoisotopic (exact) mass is 378 g/mol. The van der Waals surface area contributed by atoms with Gasteiger partial charge >= 0.3 is 6.09 Å². The molecular weight excluding hydrogens is 352 g/mol. The van der Waals surface area contributed by atoms with Crippen molar-refractivity contribution in [2.24, 2.45) is 0 Å². The SMILES string of the molecule is CC(C)(C)OC(=O)N1CCCC(NC(=O)C2(c3ccc(Cl)cc3)CC2)C1. The number of carbonyl (C=O) groups excluding carboxylic acids is 2. The molecule has 1 heterocycles. The van der Waals surface area contributed by atoms with Gasteiger partial charge in [-0.2, -0.15) is 0 Å². The van der Waals surface area contributed by atoms with Gasteiger partial charge in [0.1, 0.15) is 5.60 Å². The fraction of sp³-hybridized carbons (Fsp3) is 0.600. The predicted octanol–water partition coefficient (Wildman–Crippen LogP) is 3.89. The molecule has 2 fully saturated rings. The Morgan fingerprint density at radius 1 is 1.23 bits per heavy atom. The Morgan fingerprint density at radius 3 is 2.46 bits per heavy atom. The fourth-order valence-electron chi connectivity index (χ4n) is 3.45. The minimum Gasteiger partial charge on any atom is -0.444 e. The van der Waals surface area contributed by atoms with Crippen LogP contribution in [0, 0.1) is 0 Å². The van der Waals surface area contributed by atoms with Crippen molar-refractivity contribution in [2.75, 3.05) is 13.1 Å². The van der Waals surface area contributed by atoms with Crippen LogP contribution in [-0.4, -0.2) is 41.6 Å². The summed E-state index contributed by atoms with van der Waals surface area (Å²) in [7, 11) is 0. The van der Waals surface area contributed by atoms with Crippen molar-refractivity contribution in [1.29, 1.82) is 0 Å². The van der Waals surface area contributed by atoms with Gasteiger partial charge in [-0.05, 0) is 64.2 Å². The van der Waals surface area contributed by atoms with Crippen molar-refractivity contribution in [2.45, 2.75) is 63.5 Å². The molecule has 2 aliphatic rings. The van der Waals surface area contributed by atoms with Crippen LogP contribution in [0.5, 0.6) is 0 Å². The summed E-state index contributed by atoms with van der Waals surface area (Å²) in [5, 5.41) is 3.83. The van der Waals surface area contributed by atoms with Crippen LogP contribution in [0.15, 0.2) is 24.3 Å². The molecule has 1 N–H and O–H groups in total. The van der Waals surface area contributed by atoms with Gasteiger partial charge in [-0.15, -0.1) is 0 Å². The van der Waals surface area contributed by atoms with Crippen LogP contribution < -0.4 is 5.32 Å². The number of nitrogens with one attached hydrogen (secondary N) is 1. The molecule has 26 heavy (non-hydrogen) atoms. The van der Waals surface area contributed by atoms with E-state index in [1.807, 2.05) is 45.0 Å². The molecule has 1 aliphatic heterocycles. The normalized spacial score (nSPS) is 21.8. The molecule has 1 saturated carbocycles.